The molecule has 1 aliphatic rings. The number of hydrogen-bond acceptors (Lipinski definition) is 4. The lowest BCUT2D eigenvalue weighted by molar-refractivity contribution is 0.369. The van der Waals surface area contributed by atoms with Crippen LogP contribution in [0.25, 0.3) is 0 Å². The summed E-state index contributed by atoms with van der Waals surface area (Å²) in [5, 5.41) is 0. The van der Waals surface area contributed by atoms with Gasteiger partial charge in [0, 0.05) is 12.1 Å². The molecule has 1 aromatic rings. The van der Waals surface area contributed by atoms with Crippen LogP contribution in [0, 0.1) is 0 Å². The minimum Gasteiger partial charge on any atom is -0.324 e. The third-order valence-electron chi connectivity index (χ3n) is 3.63. The number of nitrogens with one attached hydrogen (secondary N) is 1. The van der Waals surface area contributed by atoms with E-state index >= 15 is 0 Å². The van der Waals surface area contributed by atoms with Gasteiger partial charge in [0.05, 0.1) is 7.57 Å². The van der Waals surface area contributed by atoms with Crippen molar-refractivity contribution in [3.8, 4) is 0 Å². The first-order chi connectivity index (χ1) is 9.32. The number of halogens is 2. The van der Waals surface area contributed by atoms with Crippen molar-refractivity contribution in [2.24, 2.45) is 5.73 Å². The number of nitrogens with two attached hydrogens (primary N) is 1. The monoisotopic (exact) mass is 444 g/mol. The van der Waals surface area contributed by atoms with Gasteiger partial charge in [-0.3, -0.25) is 0 Å². The Bertz CT molecular complexity index is 564. The summed E-state index contributed by atoms with van der Waals surface area (Å²) in [4.78, 5) is 0.270. The van der Waals surface area contributed by atoms with Crippen LogP contribution in [0.15, 0.2) is 18.5 Å². The molecule has 0 atom stereocenters. The molecule has 0 aromatic carbocycles. The molecule has 3 N–H and O–H groups in total. The Labute approximate surface area is 140 Å². The number of hydrogen-bond donors (Lipinski definition) is 2. The zero-order valence-electron chi connectivity index (χ0n) is 11.0. The Morgan fingerprint density at radius 2 is 1.85 bits per heavy atom. The molecule has 1 aromatic heterocycles. The predicted octanol–water partition coefficient (Wildman–Crippen LogP) is 3.60. The molecule has 1 fully saturated rings. The van der Waals surface area contributed by atoms with E-state index in [2.05, 4.69) is 36.6 Å². The Morgan fingerprint density at radius 1 is 1.25 bits per heavy atom. The van der Waals surface area contributed by atoms with E-state index in [0.717, 1.165) is 29.5 Å². The van der Waals surface area contributed by atoms with E-state index in [1.165, 1.54) is 24.2 Å². The summed E-state index contributed by atoms with van der Waals surface area (Å²) in [6, 6.07) is 1.60. The summed E-state index contributed by atoms with van der Waals surface area (Å²) < 4.78 is 28.7. The van der Waals surface area contributed by atoms with Crippen LogP contribution in [0.3, 0.4) is 0 Å². The van der Waals surface area contributed by atoms with E-state index in [1.54, 1.807) is 6.07 Å². The van der Waals surface area contributed by atoms with Gasteiger partial charge in [-0.05, 0) is 50.8 Å². The molecule has 8 heteroatoms. The van der Waals surface area contributed by atoms with E-state index in [4.69, 9.17) is 5.73 Å². The van der Waals surface area contributed by atoms with Crippen molar-refractivity contribution in [3.63, 3.8) is 0 Å². The molecule has 0 unspecified atom stereocenters. The first-order valence-corrected chi connectivity index (χ1v) is 10.4. The van der Waals surface area contributed by atoms with Crippen LogP contribution in [0.2, 0.25) is 0 Å². The van der Waals surface area contributed by atoms with Crippen LogP contribution in [-0.4, -0.2) is 20.5 Å². The zero-order valence-corrected chi connectivity index (χ0v) is 15.8. The highest BCUT2D eigenvalue weighted by Gasteiger charge is 2.29. The van der Waals surface area contributed by atoms with Crippen LogP contribution in [0.1, 0.15) is 38.5 Å². The van der Waals surface area contributed by atoms with E-state index in [9.17, 15) is 8.42 Å². The average molecular weight is 446 g/mol. The molecule has 1 heterocycles. The molecular weight excluding hydrogens is 428 g/mol. The van der Waals surface area contributed by atoms with Crippen molar-refractivity contribution >= 4 is 53.2 Å². The van der Waals surface area contributed by atoms with Crippen LogP contribution >= 0.6 is 43.2 Å². The van der Waals surface area contributed by atoms with Gasteiger partial charge in [-0.15, -0.1) is 11.3 Å². The maximum Gasteiger partial charge on any atom is 0.242 e. The molecular formula is C12H18Br2N2O2S2. The first kappa shape index (κ1) is 16.9. The largest absolute Gasteiger partial charge is 0.324 e. The SMILES string of the molecule is NC1(CNS(=O)(=O)c2cc(Br)sc2Br)CCCCCC1. The maximum absolute atomic E-state index is 12.3. The van der Waals surface area contributed by atoms with Gasteiger partial charge in [0.1, 0.15) is 4.90 Å². The molecule has 0 spiro atoms. The highest BCUT2D eigenvalue weighted by Crippen LogP contribution is 2.35. The maximum atomic E-state index is 12.3. The highest BCUT2D eigenvalue weighted by atomic mass is 79.9. The van der Waals surface area contributed by atoms with Crippen LogP contribution in [0.4, 0.5) is 0 Å². The van der Waals surface area contributed by atoms with E-state index in [0.29, 0.717) is 10.3 Å². The minimum atomic E-state index is -3.52. The summed E-state index contributed by atoms with van der Waals surface area (Å²) in [6.07, 6.45) is 6.29. The molecule has 4 nitrogen and oxygen atoms in total. The lowest BCUT2D eigenvalue weighted by atomic mass is 9.92. The number of rotatable bonds is 4. The summed E-state index contributed by atoms with van der Waals surface area (Å²) in [6.45, 7) is 0.301. The zero-order chi connectivity index (χ0) is 14.8. The topological polar surface area (TPSA) is 72.2 Å². The molecule has 0 radical (unpaired) electrons. The molecule has 20 heavy (non-hydrogen) atoms. The predicted molar refractivity (Wildman–Crippen MR) is 89.5 cm³/mol. The van der Waals surface area contributed by atoms with E-state index in [-0.39, 0.29) is 4.90 Å². The summed E-state index contributed by atoms with van der Waals surface area (Å²) in [5.74, 6) is 0. The summed E-state index contributed by atoms with van der Waals surface area (Å²) in [7, 11) is -3.52. The fraction of sp³-hybridized carbons (Fsp3) is 0.667. The number of thiophene rings is 1. The van der Waals surface area contributed by atoms with Crippen LogP contribution in [0.5, 0.6) is 0 Å². The Balaban J connectivity index is 2.07. The van der Waals surface area contributed by atoms with E-state index in [1.807, 2.05) is 0 Å². The summed E-state index contributed by atoms with van der Waals surface area (Å²) in [5.41, 5.74) is 5.93. The van der Waals surface area contributed by atoms with Crippen molar-refractivity contribution in [2.75, 3.05) is 6.54 Å². The normalized spacial score (nSPS) is 19.8. The number of sulfonamides is 1. The fourth-order valence-electron chi connectivity index (χ4n) is 2.43. The second kappa shape index (κ2) is 6.75. The second-order valence-corrected chi connectivity index (χ2v) is 10.8. The van der Waals surface area contributed by atoms with Gasteiger partial charge in [-0.1, -0.05) is 25.7 Å². The second-order valence-electron chi connectivity index (χ2n) is 5.29. The quantitative estimate of drug-likeness (QED) is 0.695. The van der Waals surface area contributed by atoms with E-state index < -0.39 is 15.6 Å². The third kappa shape index (κ3) is 4.27. The fourth-order valence-corrected chi connectivity index (χ4v) is 7.38. The molecule has 0 amide bonds. The van der Waals surface area contributed by atoms with Gasteiger partial charge < -0.3 is 5.73 Å². The Morgan fingerprint density at radius 3 is 2.35 bits per heavy atom. The van der Waals surface area contributed by atoms with Gasteiger partial charge in [-0.2, -0.15) is 0 Å². The molecule has 1 aliphatic carbocycles. The first-order valence-electron chi connectivity index (χ1n) is 6.56. The lowest BCUT2D eigenvalue weighted by Gasteiger charge is -2.28. The standard InChI is InChI=1S/C12H18Br2N2O2S2/c13-10-7-9(11(14)19-10)20(17,18)16-8-12(15)5-3-1-2-4-6-12/h7,16H,1-6,8,15H2. The van der Waals surface area contributed by atoms with Gasteiger partial charge in [-0.25, -0.2) is 13.1 Å². The van der Waals surface area contributed by atoms with Crippen LogP contribution < -0.4 is 10.5 Å². The summed E-state index contributed by atoms with van der Waals surface area (Å²) >= 11 is 7.92. The van der Waals surface area contributed by atoms with Crippen molar-refractivity contribution in [2.45, 2.75) is 49.0 Å². The smallest absolute Gasteiger partial charge is 0.242 e. The van der Waals surface area contributed by atoms with Gasteiger partial charge in [0.25, 0.3) is 0 Å². The van der Waals surface area contributed by atoms with Crippen molar-refractivity contribution in [3.05, 3.63) is 13.6 Å². The molecule has 2 rings (SSSR count). The third-order valence-corrected chi connectivity index (χ3v) is 7.78. The lowest BCUT2D eigenvalue weighted by Crippen LogP contribution is -2.49. The molecule has 0 bridgehead atoms. The Kier molecular flexibility index (Phi) is 5.70. The van der Waals surface area contributed by atoms with Crippen molar-refractivity contribution in [1.82, 2.24) is 4.72 Å². The molecule has 1 saturated carbocycles. The van der Waals surface area contributed by atoms with Crippen LogP contribution in [-0.2, 0) is 10.0 Å². The molecule has 114 valence electrons. The van der Waals surface area contributed by atoms with Gasteiger partial charge in [0.15, 0.2) is 0 Å². The Hall–Kier alpha value is 0.530. The highest BCUT2D eigenvalue weighted by molar-refractivity contribution is 9.12. The molecule has 0 aliphatic heterocycles. The van der Waals surface area contributed by atoms with Crippen molar-refractivity contribution < 1.29 is 8.42 Å². The molecule has 0 saturated heterocycles. The van der Waals surface area contributed by atoms with Crippen molar-refractivity contribution in [1.29, 1.82) is 0 Å². The minimum absolute atomic E-state index is 0.270. The average Bonchev–Trinajstić information content (AvgIpc) is 2.59. The van der Waals surface area contributed by atoms with Gasteiger partial charge in [0.2, 0.25) is 10.0 Å². The van der Waals surface area contributed by atoms with Gasteiger partial charge >= 0.3 is 0 Å².